The van der Waals surface area contributed by atoms with Gasteiger partial charge in [0.1, 0.15) is 29.7 Å². The van der Waals surface area contributed by atoms with Crippen molar-refractivity contribution in [2.45, 2.75) is 19.3 Å². The summed E-state index contributed by atoms with van der Waals surface area (Å²) in [6.45, 7) is -1.47. The van der Waals surface area contributed by atoms with E-state index in [4.69, 9.17) is 21.1 Å². The van der Waals surface area contributed by atoms with Gasteiger partial charge in [-0.25, -0.2) is 13.6 Å². The fourth-order valence-electron chi connectivity index (χ4n) is 3.20. The second-order valence-electron chi connectivity index (χ2n) is 7.07. The van der Waals surface area contributed by atoms with Crippen molar-refractivity contribution >= 4 is 23.2 Å². The molecule has 180 valence electrons. The number of rotatable bonds is 5. The van der Waals surface area contributed by atoms with Crippen LogP contribution in [0.25, 0.3) is 5.69 Å². The van der Waals surface area contributed by atoms with Crippen molar-refractivity contribution < 1.29 is 36.2 Å². The first-order valence-corrected chi connectivity index (χ1v) is 9.98. The number of alkyl halides is 3. The number of hydrogen-bond acceptors (Lipinski definition) is 5. The lowest BCUT2D eigenvalue weighted by molar-refractivity contribution is -0.153. The van der Waals surface area contributed by atoms with Crippen molar-refractivity contribution in [3.63, 3.8) is 0 Å². The first-order chi connectivity index (χ1) is 16.0. The molecule has 4 rings (SSSR count). The van der Waals surface area contributed by atoms with E-state index in [0.29, 0.717) is 10.7 Å². The molecule has 1 aliphatic rings. The van der Waals surface area contributed by atoms with Gasteiger partial charge in [0.05, 0.1) is 29.4 Å². The van der Waals surface area contributed by atoms with Crippen LogP contribution in [-0.4, -0.2) is 39.6 Å². The molecule has 0 saturated carbocycles. The van der Waals surface area contributed by atoms with E-state index < -0.39 is 58.7 Å². The van der Waals surface area contributed by atoms with E-state index in [9.17, 15) is 31.5 Å². The lowest BCUT2D eigenvalue weighted by atomic mass is 10.1. The minimum Gasteiger partial charge on any atom is -0.483 e. The Kier molecular flexibility index (Phi) is 6.32. The average molecular weight is 505 g/mol. The summed E-state index contributed by atoms with van der Waals surface area (Å²) in [6, 6.07) is 4.82. The maximum atomic E-state index is 15.0. The highest BCUT2D eigenvalue weighted by atomic mass is 35.5. The van der Waals surface area contributed by atoms with Gasteiger partial charge in [0.2, 0.25) is 0 Å². The average Bonchev–Trinajstić information content (AvgIpc) is 3.11. The van der Waals surface area contributed by atoms with Crippen LogP contribution in [0.3, 0.4) is 0 Å². The third-order valence-corrected chi connectivity index (χ3v) is 5.06. The van der Waals surface area contributed by atoms with Crippen molar-refractivity contribution in [3.8, 4) is 11.4 Å². The minimum absolute atomic E-state index is 0.0226. The number of carbonyl (C=O) groups excluding carboxylic acids is 1. The van der Waals surface area contributed by atoms with Gasteiger partial charge in [-0.1, -0.05) is 17.7 Å². The summed E-state index contributed by atoms with van der Waals surface area (Å²) in [4.78, 5) is 25.3. The molecule has 8 nitrogen and oxygen atoms in total. The zero-order chi connectivity index (χ0) is 24.6. The number of halogens is 6. The van der Waals surface area contributed by atoms with Gasteiger partial charge >= 0.3 is 11.9 Å². The number of amides is 1. The number of benzene rings is 2. The highest BCUT2D eigenvalue weighted by molar-refractivity contribution is 6.34. The number of ether oxygens (including phenoxy) is 2. The van der Waals surface area contributed by atoms with Gasteiger partial charge in [0, 0.05) is 6.07 Å². The topological polar surface area (TPSA) is 87.4 Å². The highest BCUT2D eigenvalue weighted by Crippen LogP contribution is 2.30. The first kappa shape index (κ1) is 23.7. The molecule has 2 aromatic carbocycles. The van der Waals surface area contributed by atoms with Gasteiger partial charge in [0.15, 0.2) is 12.4 Å². The Morgan fingerprint density at radius 2 is 2.00 bits per heavy atom. The maximum absolute atomic E-state index is 15.0. The zero-order valence-electron chi connectivity index (χ0n) is 17.0. The van der Waals surface area contributed by atoms with E-state index in [2.05, 4.69) is 10.4 Å². The smallest absolute Gasteiger partial charge is 0.422 e. The molecule has 14 heteroatoms. The van der Waals surface area contributed by atoms with Gasteiger partial charge < -0.3 is 14.8 Å². The lowest BCUT2D eigenvalue weighted by Gasteiger charge is -2.15. The number of para-hydroxylation sites is 1. The third kappa shape index (κ3) is 4.75. The van der Waals surface area contributed by atoms with Gasteiger partial charge in [0.25, 0.3) is 5.91 Å². The van der Waals surface area contributed by atoms with Crippen LogP contribution in [0.5, 0.6) is 5.75 Å². The number of anilines is 1. The van der Waals surface area contributed by atoms with Crippen LogP contribution in [0.4, 0.5) is 27.6 Å². The summed E-state index contributed by atoms with van der Waals surface area (Å²) >= 11 is 5.86. The Bertz CT molecular complexity index is 1300. The van der Waals surface area contributed by atoms with E-state index in [1.165, 1.54) is 16.7 Å². The molecule has 1 aliphatic heterocycles. The Hall–Kier alpha value is -3.45. The second kappa shape index (κ2) is 9.06. The van der Waals surface area contributed by atoms with E-state index in [0.717, 1.165) is 12.1 Å². The number of aromatic nitrogens is 3. The van der Waals surface area contributed by atoms with Crippen LogP contribution in [0.15, 0.2) is 35.1 Å². The molecule has 0 atom stereocenters. The van der Waals surface area contributed by atoms with Crippen LogP contribution in [0.2, 0.25) is 5.02 Å². The number of carbonyl (C=O) groups is 1. The van der Waals surface area contributed by atoms with E-state index >= 15 is 0 Å². The molecule has 0 aliphatic carbocycles. The Morgan fingerprint density at radius 3 is 2.68 bits per heavy atom. The summed E-state index contributed by atoms with van der Waals surface area (Å²) in [5.41, 5.74) is -2.46. The van der Waals surface area contributed by atoms with Crippen molar-refractivity contribution in [2.24, 2.45) is 0 Å². The predicted octanol–water partition coefficient (Wildman–Crippen LogP) is 3.69. The van der Waals surface area contributed by atoms with Gasteiger partial charge in [-0.15, -0.1) is 5.10 Å². The highest BCUT2D eigenvalue weighted by Gasteiger charge is 2.31. The molecule has 0 fully saturated rings. The Labute approximate surface area is 192 Å². The lowest BCUT2D eigenvalue weighted by Crippen LogP contribution is -2.29. The monoisotopic (exact) mass is 504 g/mol. The fourth-order valence-corrected chi connectivity index (χ4v) is 3.41. The largest absolute Gasteiger partial charge is 0.483 e. The summed E-state index contributed by atoms with van der Waals surface area (Å²) < 4.78 is 79.2. The number of nitrogens with zero attached hydrogens (tertiary/aromatic N) is 3. The predicted molar refractivity (Wildman–Crippen MR) is 108 cm³/mol. The molecular formula is C20H14ClF5N4O4. The summed E-state index contributed by atoms with van der Waals surface area (Å²) in [7, 11) is 0. The Morgan fingerprint density at radius 1 is 1.24 bits per heavy atom. The number of fused-ring (bicyclic) bond motifs is 1. The van der Waals surface area contributed by atoms with Gasteiger partial charge in [-0.3, -0.25) is 9.36 Å². The van der Waals surface area contributed by atoms with Gasteiger partial charge in [-0.05, 0) is 18.2 Å². The summed E-state index contributed by atoms with van der Waals surface area (Å²) in [5.74, 6) is -3.81. The molecule has 0 radical (unpaired) electrons. The van der Waals surface area contributed by atoms with Crippen molar-refractivity contribution in [1.82, 2.24) is 14.3 Å². The van der Waals surface area contributed by atoms with Gasteiger partial charge in [-0.2, -0.15) is 17.9 Å². The van der Waals surface area contributed by atoms with E-state index in [1.807, 2.05) is 0 Å². The number of hydrogen-bond donors (Lipinski definition) is 1. The summed E-state index contributed by atoms with van der Waals surface area (Å²) in [6.07, 6.45) is -4.79. The molecule has 3 aromatic rings. The van der Waals surface area contributed by atoms with Crippen LogP contribution in [0.1, 0.15) is 16.2 Å². The minimum atomic E-state index is -4.79. The third-order valence-electron chi connectivity index (χ3n) is 4.74. The molecule has 1 N–H and O–H groups in total. The normalized spacial score (nSPS) is 13.5. The fraction of sp³-hybridized carbons (Fsp3) is 0.250. The van der Waals surface area contributed by atoms with Crippen LogP contribution in [0, 0.1) is 11.6 Å². The first-order valence-electron chi connectivity index (χ1n) is 9.60. The molecule has 0 saturated heterocycles. The zero-order valence-corrected chi connectivity index (χ0v) is 17.7. The molecular weight excluding hydrogens is 491 g/mol. The van der Waals surface area contributed by atoms with E-state index in [-0.39, 0.29) is 30.6 Å². The SMILES string of the molecule is O=C(Nc1c(F)cccc1Cl)c1cc(F)c(-n2nc3n(c2=O)CCOC3)cc1OCC(F)(F)F. The van der Waals surface area contributed by atoms with Crippen LogP contribution in [-0.2, 0) is 17.9 Å². The maximum Gasteiger partial charge on any atom is 0.422 e. The second-order valence-corrected chi connectivity index (χ2v) is 7.48. The number of nitrogens with one attached hydrogen (secondary N) is 1. The molecule has 0 spiro atoms. The summed E-state index contributed by atoms with van der Waals surface area (Å²) in [5, 5.41) is 5.85. The van der Waals surface area contributed by atoms with Crippen LogP contribution >= 0.6 is 11.6 Å². The molecule has 1 amide bonds. The standard InChI is InChI=1S/C20H14ClF5N4O4/c21-11-2-1-3-12(22)17(11)27-18(31)10-6-13(23)14(7-15(10)34-9-20(24,25)26)30-19(32)29-4-5-33-8-16(29)28-30/h1-3,6-7H,4-5,8-9H2,(H,27,31). The molecule has 2 heterocycles. The van der Waals surface area contributed by atoms with Crippen molar-refractivity contribution in [1.29, 1.82) is 0 Å². The van der Waals surface area contributed by atoms with Crippen molar-refractivity contribution in [2.75, 3.05) is 18.5 Å². The molecule has 0 bridgehead atoms. The molecule has 1 aromatic heterocycles. The molecule has 34 heavy (non-hydrogen) atoms. The Balaban J connectivity index is 1.78. The van der Waals surface area contributed by atoms with E-state index in [1.54, 1.807) is 0 Å². The molecule has 0 unspecified atom stereocenters. The quantitative estimate of drug-likeness (QED) is 0.536. The van der Waals surface area contributed by atoms with Crippen LogP contribution < -0.4 is 15.7 Å². The van der Waals surface area contributed by atoms with Crippen molar-refractivity contribution in [3.05, 3.63) is 68.9 Å².